The minimum atomic E-state index is -0.291. The van der Waals surface area contributed by atoms with Gasteiger partial charge >= 0.3 is 0 Å². The van der Waals surface area contributed by atoms with Gasteiger partial charge in [-0.05, 0) is 20.8 Å². The van der Waals surface area contributed by atoms with E-state index in [-0.39, 0.29) is 16.9 Å². The summed E-state index contributed by atoms with van der Waals surface area (Å²) in [7, 11) is 0. The highest BCUT2D eigenvalue weighted by molar-refractivity contribution is 5.53. The number of allylic oxidation sites excluding steroid dienone is 2. The summed E-state index contributed by atoms with van der Waals surface area (Å²) in [6, 6.07) is 0. The molecule has 72 valence electrons. The van der Waals surface area contributed by atoms with Crippen molar-refractivity contribution < 1.29 is 5.11 Å². The molecule has 0 heterocycles. The van der Waals surface area contributed by atoms with E-state index < -0.39 is 0 Å². The summed E-state index contributed by atoms with van der Waals surface area (Å²) in [5.74, 6) is 0. The molecule has 0 amide bonds. The lowest BCUT2D eigenvalue weighted by Gasteiger charge is -2.56. The van der Waals surface area contributed by atoms with Crippen molar-refractivity contribution in [1.82, 2.24) is 0 Å². The van der Waals surface area contributed by atoms with E-state index in [1.54, 1.807) is 0 Å². The van der Waals surface area contributed by atoms with Gasteiger partial charge in [0.05, 0.1) is 6.10 Å². The zero-order valence-electron chi connectivity index (χ0n) is 9.10. The van der Waals surface area contributed by atoms with Crippen LogP contribution >= 0.6 is 0 Å². The van der Waals surface area contributed by atoms with Crippen LogP contribution in [0.2, 0.25) is 0 Å². The van der Waals surface area contributed by atoms with Crippen molar-refractivity contribution in [3.8, 4) is 0 Å². The Bertz CT molecular complexity index is 337. The molecule has 0 radical (unpaired) electrons. The Morgan fingerprint density at radius 2 is 1.69 bits per heavy atom. The van der Waals surface area contributed by atoms with Crippen molar-refractivity contribution in [2.45, 2.75) is 40.7 Å². The fraction of sp³-hybridized carbons (Fsp3) is 0.667. The minimum Gasteiger partial charge on any atom is -0.388 e. The van der Waals surface area contributed by atoms with Gasteiger partial charge in [0.2, 0.25) is 0 Å². The molecule has 0 fully saturated rings. The molecule has 0 spiro atoms. The molecular formula is C12H18O. The van der Waals surface area contributed by atoms with Crippen LogP contribution in [0.3, 0.4) is 0 Å². The number of hydrogen-bond acceptors (Lipinski definition) is 1. The molecule has 13 heavy (non-hydrogen) atoms. The maximum absolute atomic E-state index is 9.99. The van der Waals surface area contributed by atoms with Crippen LogP contribution in [0.1, 0.15) is 34.6 Å². The van der Waals surface area contributed by atoms with Crippen LogP contribution < -0.4 is 0 Å². The summed E-state index contributed by atoms with van der Waals surface area (Å²) in [4.78, 5) is 0. The zero-order chi connectivity index (χ0) is 10.0. The number of rotatable bonds is 0. The summed E-state index contributed by atoms with van der Waals surface area (Å²) in [5.41, 5.74) is 4.24. The highest BCUT2D eigenvalue weighted by Gasteiger charge is 2.62. The Balaban J connectivity index is 2.62. The summed E-state index contributed by atoms with van der Waals surface area (Å²) < 4.78 is 0. The predicted molar refractivity (Wildman–Crippen MR) is 54.4 cm³/mol. The maximum atomic E-state index is 9.99. The van der Waals surface area contributed by atoms with Gasteiger partial charge < -0.3 is 5.11 Å². The summed E-state index contributed by atoms with van der Waals surface area (Å²) in [5, 5.41) is 9.99. The third-order valence-corrected chi connectivity index (χ3v) is 4.92. The van der Waals surface area contributed by atoms with E-state index in [1.165, 1.54) is 16.7 Å². The zero-order valence-corrected chi connectivity index (χ0v) is 9.10. The van der Waals surface area contributed by atoms with E-state index >= 15 is 0 Å². The molecule has 0 aliphatic heterocycles. The molecule has 0 aromatic rings. The Morgan fingerprint density at radius 1 is 1.15 bits per heavy atom. The van der Waals surface area contributed by atoms with Crippen molar-refractivity contribution in [3.05, 3.63) is 22.8 Å². The first kappa shape index (κ1) is 9.01. The van der Waals surface area contributed by atoms with Gasteiger partial charge in [-0.15, -0.1) is 0 Å². The van der Waals surface area contributed by atoms with E-state index in [2.05, 4.69) is 34.6 Å². The van der Waals surface area contributed by atoms with Crippen LogP contribution in [0.25, 0.3) is 0 Å². The van der Waals surface area contributed by atoms with Gasteiger partial charge in [0.25, 0.3) is 0 Å². The fourth-order valence-corrected chi connectivity index (χ4v) is 3.26. The molecule has 1 heteroatoms. The Kier molecular flexibility index (Phi) is 1.45. The highest BCUT2D eigenvalue weighted by atomic mass is 16.3. The lowest BCUT2D eigenvalue weighted by molar-refractivity contribution is 0.0282. The molecule has 0 saturated carbocycles. The van der Waals surface area contributed by atoms with Gasteiger partial charge in [-0.1, -0.05) is 36.6 Å². The summed E-state index contributed by atoms with van der Waals surface area (Å²) in [6.45, 7) is 10.9. The van der Waals surface area contributed by atoms with E-state index in [1.807, 2.05) is 6.08 Å². The van der Waals surface area contributed by atoms with E-state index in [0.29, 0.717) is 0 Å². The van der Waals surface area contributed by atoms with Crippen LogP contribution in [-0.4, -0.2) is 11.2 Å². The van der Waals surface area contributed by atoms with Gasteiger partial charge in [-0.25, -0.2) is 0 Å². The first-order valence-corrected chi connectivity index (χ1v) is 4.92. The van der Waals surface area contributed by atoms with Gasteiger partial charge in [-0.2, -0.15) is 0 Å². The van der Waals surface area contributed by atoms with Crippen LogP contribution in [0.5, 0.6) is 0 Å². The second-order valence-corrected chi connectivity index (χ2v) is 4.87. The van der Waals surface area contributed by atoms with Crippen molar-refractivity contribution >= 4 is 0 Å². The van der Waals surface area contributed by atoms with Crippen molar-refractivity contribution in [1.29, 1.82) is 0 Å². The smallest absolute Gasteiger partial charge is 0.0825 e. The van der Waals surface area contributed by atoms with Crippen molar-refractivity contribution in [2.24, 2.45) is 10.8 Å². The maximum Gasteiger partial charge on any atom is 0.0825 e. The first-order valence-electron chi connectivity index (χ1n) is 4.92. The van der Waals surface area contributed by atoms with E-state index in [0.717, 1.165) is 0 Å². The Hall–Kier alpha value is -0.560. The minimum absolute atomic E-state index is 0.0266. The van der Waals surface area contributed by atoms with Gasteiger partial charge in [0.1, 0.15) is 0 Å². The van der Waals surface area contributed by atoms with Gasteiger partial charge in [-0.3, -0.25) is 0 Å². The molecule has 3 unspecified atom stereocenters. The summed E-state index contributed by atoms with van der Waals surface area (Å²) in [6.07, 6.45) is 1.72. The average Bonchev–Trinajstić information content (AvgIpc) is 2.26. The quantitative estimate of drug-likeness (QED) is 0.565. The van der Waals surface area contributed by atoms with Crippen molar-refractivity contribution in [2.75, 3.05) is 0 Å². The van der Waals surface area contributed by atoms with Crippen LogP contribution in [0.15, 0.2) is 22.8 Å². The van der Waals surface area contributed by atoms with E-state index in [4.69, 9.17) is 0 Å². The molecule has 2 aliphatic rings. The monoisotopic (exact) mass is 178 g/mol. The normalized spacial score (nSPS) is 48.8. The lowest BCUT2D eigenvalue weighted by atomic mass is 9.48. The first-order chi connectivity index (χ1) is 5.86. The van der Waals surface area contributed by atoms with Crippen LogP contribution in [0, 0.1) is 10.8 Å². The standard InChI is InChI=1S/C12H18O/c1-7-6-10(13)12(5)9(3)8(2)11(7,12)4/h6,10,13H,1-5H3. The third kappa shape index (κ3) is 0.623. The van der Waals surface area contributed by atoms with Crippen molar-refractivity contribution in [3.63, 3.8) is 0 Å². The molecule has 0 aromatic heterocycles. The molecule has 1 N–H and O–H groups in total. The topological polar surface area (TPSA) is 20.2 Å². The lowest BCUT2D eigenvalue weighted by Crippen LogP contribution is -2.51. The van der Waals surface area contributed by atoms with Crippen LogP contribution in [-0.2, 0) is 0 Å². The molecule has 2 aliphatic carbocycles. The molecule has 0 aromatic carbocycles. The van der Waals surface area contributed by atoms with Gasteiger partial charge in [0, 0.05) is 10.8 Å². The predicted octanol–water partition coefficient (Wildman–Crippen LogP) is 2.67. The molecule has 2 rings (SSSR count). The highest BCUT2D eigenvalue weighted by Crippen LogP contribution is 2.68. The molecule has 1 nitrogen and oxygen atoms in total. The average molecular weight is 178 g/mol. The molecular weight excluding hydrogens is 160 g/mol. The number of aliphatic hydroxyl groups excluding tert-OH is 1. The number of aliphatic hydroxyl groups is 1. The Morgan fingerprint density at radius 3 is 2.15 bits per heavy atom. The SMILES string of the molecule is CC1=CC(O)C2(C)C(C)=C(C)C12C. The van der Waals surface area contributed by atoms with Crippen LogP contribution in [0.4, 0.5) is 0 Å². The number of fused-ring (bicyclic) bond motifs is 1. The largest absolute Gasteiger partial charge is 0.388 e. The second-order valence-electron chi connectivity index (χ2n) is 4.87. The third-order valence-electron chi connectivity index (χ3n) is 4.92. The van der Waals surface area contributed by atoms with E-state index in [9.17, 15) is 5.11 Å². The molecule has 3 atom stereocenters. The molecule has 0 saturated heterocycles. The Labute approximate surface area is 80.2 Å². The fourth-order valence-electron chi connectivity index (χ4n) is 3.26. The van der Waals surface area contributed by atoms with Gasteiger partial charge in [0.15, 0.2) is 0 Å². The number of hydrogen-bond donors (Lipinski definition) is 1. The summed E-state index contributed by atoms with van der Waals surface area (Å²) >= 11 is 0. The second kappa shape index (κ2) is 2.09. The molecule has 0 bridgehead atoms.